The van der Waals surface area contributed by atoms with Gasteiger partial charge in [-0.15, -0.1) is 0 Å². The van der Waals surface area contributed by atoms with Crippen LogP contribution in [0.15, 0.2) is 60.8 Å². The molecule has 120 valence electrons. The van der Waals surface area contributed by atoms with Gasteiger partial charge in [-0.1, -0.05) is 36.4 Å². The molecule has 3 heteroatoms. The quantitative estimate of drug-likeness (QED) is 0.849. The number of pyridine rings is 1. The Labute approximate surface area is 142 Å². The van der Waals surface area contributed by atoms with Crippen molar-refractivity contribution in [3.8, 4) is 0 Å². The van der Waals surface area contributed by atoms with Crippen LogP contribution in [-0.2, 0) is 4.79 Å². The number of hydrogen-bond donors (Lipinski definition) is 1. The van der Waals surface area contributed by atoms with Crippen molar-refractivity contribution in [1.29, 1.82) is 0 Å². The largest absolute Gasteiger partial charge is 0.326 e. The van der Waals surface area contributed by atoms with Crippen molar-refractivity contribution in [2.75, 3.05) is 5.32 Å². The lowest BCUT2D eigenvalue weighted by atomic mass is 9.93. The van der Waals surface area contributed by atoms with Gasteiger partial charge in [0.25, 0.3) is 0 Å². The molecule has 1 saturated carbocycles. The van der Waals surface area contributed by atoms with E-state index in [4.69, 9.17) is 0 Å². The topological polar surface area (TPSA) is 42.0 Å². The summed E-state index contributed by atoms with van der Waals surface area (Å²) in [4.78, 5) is 16.8. The second-order valence-corrected chi connectivity index (χ2v) is 6.59. The Morgan fingerprint density at radius 1 is 1.08 bits per heavy atom. The minimum Gasteiger partial charge on any atom is -0.326 e. The molecule has 1 aromatic heterocycles. The zero-order chi connectivity index (χ0) is 16.4. The van der Waals surface area contributed by atoms with E-state index in [0.29, 0.717) is 11.8 Å². The Morgan fingerprint density at radius 2 is 2.04 bits per heavy atom. The number of rotatable bonds is 4. The van der Waals surface area contributed by atoms with Crippen LogP contribution in [0.25, 0.3) is 12.2 Å². The maximum absolute atomic E-state index is 12.5. The fraction of sp³-hybridized carbons (Fsp3) is 0.238. The Hall–Kier alpha value is -2.68. The van der Waals surface area contributed by atoms with Crippen LogP contribution < -0.4 is 5.32 Å². The molecule has 3 unspecified atom stereocenters. The molecule has 1 N–H and O–H groups in total. The summed E-state index contributed by atoms with van der Waals surface area (Å²) < 4.78 is 0. The normalized spacial score (nSPS) is 24.6. The van der Waals surface area contributed by atoms with Gasteiger partial charge in [-0.25, -0.2) is 0 Å². The average molecular weight is 316 g/mol. The van der Waals surface area contributed by atoms with Gasteiger partial charge < -0.3 is 5.32 Å². The molecular formula is C21H20N2O. The standard InChI is InChI=1S/C21H20N2O/c24-21(20-14-16-7-9-17(20)12-16)23-19-6-3-4-15(13-19)8-10-18-5-1-2-11-22-18/h1-11,13,16-17,20H,12,14H2,(H,23,24)/b10-8+. The molecule has 1 amide bonds. The molecule has 0 radical (unpaired) electrons. The molecule has 2 bridgehead atoms. The molecule has 2 aromatic rings. The number of nitrogens with one attached hydrogen (secondary N) is 1. The van der Waals surface area contributed by atoms with Crippen molar-refractivity contribution in [2.45, 2.75) is 12.8 Å². The number of aromatic nitrogens is 1. The van der Waals surface area contributed by atoms with Crippen molar-refractivity contribution in [3.05, 3.63) is 72.1 Å². The number of carbonyl (C=O) groups is 1. The van der Waals surface area contributed by atoms with Gasteiger partial charge in [0.1, 0.15) is 0 Å². The fourth-order valence-electron chi connectivity index (χ4n) is 3.69. The first-order valence-corrected chi connectivity index (χ1v) is 8.46. The first kappa shape index (κ1) is 14.9. The minimum absolute atomic E-state index is 0.132. The van der Waals surface area contributed by atoms with Gasteiger partial charge in [0, 0.05) is 17.8 Å². The summed E-state index contributed by atoms with van der Waals surface area (Å²) in [6.07, 6.45) is 12.4. The summed E-state index contributed by atoms with van der Waals surface area (Å²) in [5, 5.41) is 3.08. The van der Waals surface area contributed by atoms with Crippen LogP contribution in [0.3, 0.4) is 0 Å². The van der Waals surface area contributed by atoms with Crippen LogP contribution in [0.2, 0.25) is 0 Å². The second-order valence-electron chi connectivity index (χ2n) is 6.59. The van der Waals surface area contributed by atoms with Crippen molar-refractivity contribution in [3.63, 3.8) is 0 Å². The number of carbonyl (C=O) groups excluding carboxylic acids is 1. The molecule has 3 nitrogen and oxygen atoms in total. The van der Waals surface area contributed by atoms with Gasteiger partial charge in [-0.05, 0) is 60.6 Å². The van der Waals surface area contributed by atoms with E-state index in [2.05, 4.69) is 22.5 Å². The van der Waals surface area contributed by atoms with Crippen LogP contribution in [0.4, 0.5) is 5.69 Å². The summed E-state index contributed by atoms with van der Waals surface area (Å²) in [6, 6.07) is 13.8. The number of anilines is 1. The highest BCUT2D eigenvalue weighted by Crippen LogP contribution is 2.43. The van der Waals surface area contributed by atoms with Gasteiger partial charge >= 0.3 is 0 Å². The molecule has 0 aliphatic heterocycles. The first-order valence-electron chi connectivity index (χ1n) is 8.46. The molecule has 1 heterocycles. The summed E-state index contributed by atoms with van der Waals surface area (Å²) in [6.45, 7) is 0. The molecule has 1 fully saturated rings. The minimum atomic E-state index is 0.132. The van der Waals surface area contributed by atoms with Crippen molar-refractivity contribution < 1.29 is 4.79 Å². The van der Waals surface area contributed by atoms with Gasteiger partial charge in [0.15, 0.2) is 0 Å². The molecule has 0 saturated heterocycles. The van der Waals surface area contributed by atoms with E-state index in [9.17, 15) is 4.79 Å². The van der Waals surface area contributed by atoms with Crippen molar-refractivity contribution >= 4 is 23.7 Å². The highest BCUT2D eigenvalue weighted by Gasteiger charge is 2.39. The highest BCUT2D eigenvalue weighted by molar-refractivity contribution is 5.93. The number of hydrogen-bond acceptors (Lipinski definition) is 2. The number of amides is 1. The predicted octanol–water partition coefficient (Wildman–Crippen LogP) is 4.40. The second kappa shape index (κ2) is 6.44. The SMILES string of the molecule is O=C(Nc1cccc(/C=C/c2ccccn2)c1)C1CC2C=CC1C2. The third kappa shape index (κ3) is 3.16. The number of fused-ring (bicyclic) bond motifs is 2. The summed E-state index contributed by atoms with van der Waals surface area (Å²) in [5.74, 6) is 1.33. The van der Waals surface area contributed by atoms with Gasteiger partial charge in [-0.3, -0.25) is 9.78 Å². The molecule has 4 rings (SSSR count). The molecule has 0 spiro atoms. The summed E-state index contributed by atoms with van der Waals surface area (Å²) in [5.41, 5.74) is 2.82. The van der Waals surface area contributed by atoms with Gasteiger partial charge in [0.05, 0.1) is 5.69 Å². The van der Waals surface area contributed by atoms with Crippen LogP contribution in [0.5, 0.6) is 0 Å². The third-order valence-electron chi connectivity index (χ3n) is 4.90. The zero-order valence-corrected chi connectivity index (χ0v) is 13.4. The van der Waals surface area contributed by atoms with E-state index in [-0.39, 0.29) is 11.8 Å². The molecule has 2 aliphatic carbocycles. The lowest BCUT2D eigenvalue weighted by molar-refractivity contribution is -0.120. The van der Waals surface area contributed by atoms with E-state index in [1.165, 1.54) is 0 Å². The molecule has 24 heavy (non-hydrogen) atoms. The van der Waals surface area contributed by atoms with Crippen LogP contribution in [0.1, 0.15) is 24.1 Å². The maximum Gasteiger partial charge on any atom is 0.228 e. The average Bonchev–Trinajstić information content (AvgIpc) is 3.25. The predicted molar refractivity (Wildman–Crippen MR) is 97.1 cm³/mol. The number of allylic oxidation sites excluding steroid dienone is 2. The fourth-order valence-corrected chi connectivity index (χ4v) is 3.69. The van der Waals surface area contributed by atoms with E-state index in [1.807, 2.05) is 54.6 Å². The third-order valence-corrected chi connectivity index (χ3v) is 4.90. The molecule has 2 aliphatic rings. The van der Waals surface area contributed by atoms with Gasteiger partial charge in [0.2, 0.25) is 5.91 Å². The first-order chi connectivity index (χ1) is 11.8. The zero-order valence-electron chi connectivity index (χ0n) is 13.4. The smallest absolute Gasteiger partial charge is 0.228 e. The van der Waals surface area contributed by atoms with Crippen molar-refractivity contribution in [1.82, 2.24) is 4.98 Å². The van der Waals surface area contributed by atoms with Gasteiger partial charge in [-0.2, -0.15) is 0 Å². The van der Waals surface area contributed by atoms with E-state index in [0.717, 1.165) is 29.8 Å². The Kier molecular flexibility index (Phi) is 3.99. The lowest BCUT2D eigenvalue weighted by Crippen LogP contribution is -2.25. The van der Waals surface area contributed by atoms with Crippen LogP contribution in [-0.4, -0.2) is 10.9 Å². The number of benzene rings is 1. The summed E-state index contributed by atoms with van der Waals surface area (Å²) >= 11 is 0. The monoisotopic (exact) mass is 316 g/mol. The van der Waals surface area contributed by atoms with Crippen molar-refractivity contribution in [2.24, 2.45) is 17.8 Å². The molecular weight excluding hydrogens is 296 g/mol. The Balaban J connectivity index is 1.44. The van der Waals surface area contributed by atoms with E-state index >= 15 is 0 Å². The van der Waals surface area contributed by atoms with Crippen LogP contribution >= 0.6 is 0 Å². The summed E-state index contributed by atoms with van der Waals surface area (Å²) in [7, 11) is 0. The van der Waals surface area contributed by atoms with Crippen LogP contribution in [0, 0.1) is 17.8 Å². The molecule has 3 atom stereocenters. The van der Waals surface area contributed by atoms with E-state index < -0.39 is 0 Å². The Morgan fingerprint density at radius 3 is 2.79 bits per heavy atom. The Bertz CT molecular complexity index is 794. The maximum atomic E-state index is 12.5. The lowest BCUT2D eigenvalue weighted by Gasteiger charge is -2.17. The highest BCUT2D eigenvalue weighted by atomic mass is 16.1. The molecule has 1 aromatic carbocycles. The van der Waals surface area contributed by atoms with E-state index in [1.54, 1.807) is 6.20 Å². The number of nitrogens with zero attached hydrogens (tertiary/aromatic N) is 1.